The Morgan fingerprint density at radius 2 is 2.42 bits per heavy atom. The molecule has 0 N–H and O–H groups in total. The van der Waals surface area contributed by atoms with Crippen molar-refractivity contribution >= 4 is 11.9 Å². The van der Waals surface area contributed by atoms with Crippen LogP contribution in [0.15, 0.2) is 0 Å². The van der Waals surface area contributed by atoms with Crippen LogP contribution in [0.2, 0.25) is 0 Å². The van der Waals surface area contributed by atoms with Gasteiger partial charge in [0.1, 0.15) is 0 Å². The second kappa shape index (κ2) is 3.53. The molecule has 0 aromatic carbocycles. The van der Waals surface area contributed by atoms with E-state index in [9.17, 15) is 9.59 Å². The van der Waals surface area contributed by atoms with Gasteiger partial charge in [0.2, 0.25) is 0 Å². The molecular formula is C7H11NO4. The van der Waals surface area contributed by atoms with Gasteiger partial charge in [-0.05, 0) is 0 Å². The van der Waals surface area contributed by atoms with E-state index in [1.54, 1.807) is 0 Å². The van der Waals surface area contributed by atoms with Gasteiger partial charge in [0.15, 0.2) is 6.10 Å². The topological polar surface area (TPSA) is 55.8 Å². The van der Waals surface area contributed by atoms with E-state index in [0.29, 0.717) is 12.8 Å². The van der Waals surface area contributed by atoms with Gasteiger partial charge >= 0.3 is 5.97 Å². The van der Waals surface area contributed by atoms with Crippen molar-refractivity contribution in [1.82, 2.24) is 5.06 Å². The molecule has 5 nitrogen and oxygen atoms in total. The number of ether oxygens (including phenoxy) is 1. The van der Waals surface area contributed by atoms with E-state index in [-0.39, 0.29) is 11.9 Å². The third-order valence-corrected chi connectivity index (χ3v) is 1.74. The fraction of sp³-hybridized carbons (Fsp3) is 0.714. The quantitative estimate of drug-likeness (QED) is 0.425. The van der Waals surface area contributed by atoms with Crippen molar-refractivity contribution < 1.29 is 19.2 Å². The highest BCUT2D eigenvalue weighted by molar-refractivity contribution is 5.85. The van der Waals surface area contributed by atoms with Crippen LogP contribution < -0.4 is 0 Å². The number of carbonyl (C=O) groups excluding carboxylic acids is 2. The van der Waals surface area contributed by atoms with Crippen LogP contribution >= 0.6 is 0 Å². The highest BCUT2D eigenvalue weighted by atomic mass is 16.7. The summed E-state index contributed by atoms with van der Waals surface area (Å²) < 4.78 is 4.74. The molecule has 5 heteroatoms. The molecule has 0 aromatic rings. The van der Waals surface area contributed by atoms with Crippen molar-refractivity contribution in [2.45, 2.75) is 18.9 Å². The molecule has 1 aliphatic rings. The molecule has 0 aliphatic carbocycles. The van der Waals surface area contributed by atoms with Crippen LogP contribution in [0.25, 0.3) is 0 Å². The normalized spacial score (nSPS) is 22.2. The molecule has 1 saturated heterocycles. The Kier molecular flexibility index (Phi) is 2.65. The SMILES string of the molecule is CON(C)C(=O)C1CCC(=O)O1. The third-order valence-electron chi connectivity index (χ3n) is 1.74. The van der Waals surface area contributed by atoms with Gasteiger partial charge < -0.3 is 4.74 Å². The van der Waals surface area contributed by atoms with E-state index in [4.69, 9.17) is 4.74 Å². The molecule has 1 atom stereocenters. The van der Waals surface area contributed by atoms with Gasteiger partial charge in [-0.3, -0.25) is 14.4 Å². The molecule has 0 aromatic heterocycles. The lowest BCUT2D eigenvalue weighted by atomic mass is 10.2. The number of hydrogen-bond acceptors (Lipinski definition) is 4. The van der Waals surface area contributed by atoms with E-state index < -0.39 is 6.10 Å². The lowest BCUT2D eigenvalue weighted by Gasteiger charge is -2.16. The summed E-state index contributed by atoms with van der Waals surface area (Å²) in [6.45, 7) is 0. The zero-order valence-corrected chi connectivity index (χ0v) is 7.07. The van der Waals surface area contributed by atoms with Gasteiger partial charge in [-0.1, -0.05) is 0 Å². The number of amides is 1. The summed E-state index contributed by atoms with van der Waals surface area (Å²) in [6.07, 6.45) is 0.113. The van der Waals surface area contributed by atoms with Crippen LogP contribution in [0, 0.1) is 0 Å². The summed E-state index contributed by atoms with van der Waals surface area (Å²) in [5.74, 6) is -0.638. The van der Waals surface area contributed by atoms with Crippen LogP contribution in [-0.4, -0.2) is 37.2 Å². The molecule has 1 heterocycles. The standard InChI is InChI=1S/C7H11NO4/c1-8(11-2)7(10)5-3-4-6(9)12-5/h5H,3-4H2,1-2H3. The summed E-state index contributed by atoms with van der Waals surface area (Å²) >= 11 is 0. The van der Waals surface area contributed by atoms with Crippen molar-refractivity contribution in [2.75, 3.05) is 14.2 Å². The second-order valence-corrected chi connectivity index (χ2v) is 2.54. The highest BCUT2D eigenvalue weighted by Gasteiger charge is 2.31. The van der Waals surface area contributed by atoms with Gasteiger partial charge in [0, 0.05) is 19.9 Å². The van der Waals surface area contributed by atoms with Crippen molar-refractivity contribution in [1.29, 1.82) is 0 Å². The van der Waals surface area contributed by atoms with E-state index in [1.165, 1.54) is 14.2 Å². The van der Waals surface area contributed by atoms with Crippen LogP contribution in [0.5, 0.6) is 0 Å². The maximum Gasteiger partial charge on any atom is 0.306 e. The molecule has 0 bridgehead atoms. The average Bonchev–Trinajstić information content (AvgIpc) is 2.49. The molecule has 0 spiro atoms. The fourth-order valence-corrected chi connectivity index (χ4v) is 0.992. The summed E-state index contributed by atoms with van der Waals surface area (Å²) in [6, 6.07) is 0. The Labute approximate surface area is 70.2 Å². The Morgan fingerprint density at radius 1 is 1.75 bits per heavy atom. The van der Waals surface area contributed by atoms with Gasteiger partial charge in [0.25, 0.3) is 5.91 Å². The van der Waals surface area contributed by atoms with Crippen molar-refractivity contribution in [2.24, 2.45) is 0 Å². The molecule has 1 fully saturated rings. The van der Waals surface area contributed by atoms with Gasteiger partial charge in [-0.2, -0.15) is 0 Å². The minimum absolute atomic E-state index is 0.313. The predicted octanol–water partition coefficient (Wildman–Crippen LogP) is -0.288. The van der Waals surface area contributed by atoms with Gasteiger partial charge in [0.05, 0.1) is 7.11 Å². The first-order valence-electron chi connectivity index (χ1n) is 3.66. The summed E-state index contributed by atoms with van der Waals surface area (Å²) in [4.78, 5) is 26.5. The number of hydroxylamine groups is 2. The molecule has 1 amide bonds. The Morgan fingerprint density at radius 3 is 2.83 bits per heavy atom. The Bertz CT molecular complexity index is 204. The van der Waals surface area contributed by atoms with Gasteiger partial charge in [-0.25, -0.2) is 5.06 Å². The van der Waals surface area contributed by atoms with Gasteiger partial charge in [-0.15, -0.1) is 0 Å². The number of esters is 1. The molecule has 12 heavy (non-hydrogen) atoms. The van der Waals surface area contributed by atoms with Crippen molar-refractivity contribution in [3.63, 3.8) is 0 Å². The minimum atomic E-state index is -0.651. The smallest absolute Gasteiger partial charge is 0.306 e. The summed E-state index contributed by atoms with van der Waals surface area (Å²) in [7, 11) is 2.86. The Hall–Kier alpha value is -1.10. The van der Waals surface area contributed by atoms with E-state index in [1.807, 2.05) is 0 Å². The maximum atomic E-state index is 11.2. The highest BCUT2D eigenvalue weighted by Crippen LogP contribution is 2.15. The lowest BCUT2D eigenvalue weighted by Crippen LogP contribution is -2.35. The monoisotopic (exact) mass is 173 g/mol. The zero-order chi connectivity index (χ0) is 9.14. The molecule has 68 valence electrons. The van der Waals surface area contributed by atoms with E-state index >= 15 is 0 Å². The van der Waals surface area contributed by atoms with Crippen molar-refractivity contribution in [3.8, 4) is 0 Å². The number of carbonyl (C=O) groups is 2. The number of cyclic esters (lactones) is 1. The summed E-state index contributed by atoms with van der Waals surface area (Å²) in [5, 5.41) is 1.06. The number of rotatable bonds is 2. The van der Waals surface area contributed by atoms with Crippen LogP contribution in [0.1, 0.15) is 12.8 Å². The van der Waals surface area contributed by atoms with Crippen molar-refractivity contribution in [3.05, 3.63) is 0 Å². The fourth-order valence-electron chi connectivity index (χ4n) is 0.992. The molecule has 1 unspecified atom stereocenters. The first-order valence-corrected chi connectivity index (χ1v) is 3.66. The average molecular weight is 173 g/mol. The zero-order valence-electron chi connectivity index (χ0n) is 7.07. The van der Waals surface area contributed by atoms with E-state index in [0.717, 1.165) is 5.06 Å². The number of hydrogen-bond donors (Lipinski definition) is 0. The Balaban J connectivity index is 2.48. The number of likely N-dealkylation sites (N-methyl/N-ethyl adjacent to an activating group) is 1. The van der Waals surface area contributed by atoms with E-state index in [2.05, 4.69) is 4.84 Å². The molecule has 1 rings (SSSR count). The largest absolute Gasteiger partial charge is 0.452 e. The van der Waals surface area contributed by atoms with Crippen LogP contribution in [0.4, 0.5) is 0 Å². The maximum absolute atomic E-state index is 11.2. The lowest BCUT2D eigenvalue weighted by molar-refractivity contribution is -0.180. The third kappa shape index (κ3) is 1.73. The first-order chi connectivity index (χ1) is 5.65. The minimum Gasteiger partial charge on any atom is -0.452 e. The predicted molar refractivity (Wildman–Crippen MR) is 38.9 cm³/mol. The van der Waals surface area contributed by atoms with Crippen LogP contribution in [0.3, 0.4) is 0 Å². The molecule has 0 radical (unpaired) electrons. The molecular weight excluding hydrogens is 162 g/mol. The first kappa shape index (κ1) is 8.99. The molecule has 1 aliphatic heterocycles. The van der Waals surface area contributed by atoms with Crippen LogP contribution in [-0.2, 0) is 19.2 Å². The second-order valence-electron chi connectivity index (χ2n) is 2.54. The molecule has 0 saturated carbocycles. The summed E-state index contributed by atoms with van der Waals surface area (Å²) in [5.41, 5.74) is 0. The number of nitrogens with zero attached hydrogens (tertiary/aromatic N) is 1.